The summed E-state index contributed by atoms with van der Waals surface area (Å²) in [5, 5.41) is 3.47. The first-order valence-corrected chi connectivity index (χ1v) is 10.8. The molecule has 1 atom stereocenters. The highest BCUT2D eigenvalue weighted by atomic mass is 127. The number of carbonyl (C=O) groups excluding carboxylic acids is 1. The lowest BCUT2D eigenvalue weighted by Gasteiger charge is -2.38. The number of amides is 1. The molecule has 1 amide bonds. The van der Waals surface area contributed by atoms with Gasteiger partial charge in [0.2, 0.25) is 5.91 Å². The summed E-state index contributed by atoms with van der Waals surface area (Å²) in [4.78, 5) is 23.7. The van der Waals surface area contributed by atoms with E-state index in [4.69, 9.17) is 4.74 Å². The first kappa shape index (κ1) is 26.4. The summed E-state index contributed by atoms with van der Waals surface area (Å²) >= 11 is 0. The van der Waals surface area contributed by atoms with Gasteiger partial charge in [-0.2, -0.15) is 0 Å². The molecule has 8 heteroatoms. The second kappa shape index (κ2) is 12.9. The molecule has 0 spiro atoms. The Bertz CT molecular complexity index is 508. The van der Waals surface area contributed by atoms with Gasteiger partial charge in [0.05, 0.1) is 12.6 Å². The number of aliphatic imine (C=N–C) groups is 1. The predicted molar refractivity (Wildman–Crippen MR) is 130 cm³/mol. The number of guanidine groups is 1. The van der Waals surface area contributed by atoms with Gasteiger partial charge in [-0.3, -0.25) is 14.7 Å². The number of hydrogen-bond donors (Lipinski definition) is 1. The van der Waals surface area contributed by atoms with Crippen molar-refractivity contribution in [2.45, 2.75) is 52.6 Å². The Morgan fingerprint density at radius 2 is 1.59 bits per heavy atom. The molecule has 2 rings (SSSR count). The Hall–Kier alpha value is -0.610. The second-order valence-corrected chi connectivity index (χ2v) is 9.08. The maximum atomic E-state index is 12.6. The van der Waals surface area contributed by atoms with Crippen LogP contribution in [0.3, 0.4) is 0 Å². The van der Waals surface area contributed by atoms with Crippen LogP contribution >= 0.6 is 24.0 Å². The molecule has 2 aliphatic rings. The molecule has 0 bridgehead atoms. The molecule has 0 aromatic heterocycles. The number of nitrogens with zero attached hydrogens (tertiary/aromatic N) is 4. The van der Waals surface area contributed by atoms with E-state index in [1.807, 2.05) is 7.05 Å². The molecule has 0 aromatic rings. The number of nitrogens with one attached hydrogen (secondary N) is 1. The average molecular weight is 524 g/mol. The molecule has 7 nitrogen and oxygen atoms in total. The van der Waals surface area contributed by atoms with E-state index < -0.39 is 0 Å². The van der Waals surface area contributed by atoms with E-state index in [0.29, 0.717) is 12.5 Å². The van der Waals surface area contributed by atoms with Gasteiger partial charge in [0.25, 0.3) is 0 Å². The number of halogens is 1. The molecule has 1 unspecified atom stereocenters. The van der Waals surface area contributed by atoms with Crippen LogP contribution in [-0.4, -0.2) is 99.2 Å². The molecule has 0 saturated carbocycles. The smallest absolute Gasteiger partial charge is 0.236 e. The zero-order chi connectivity index (χ0) is 20.6. The monoisotopic (exact) mass is 523 g/mol. The van der Waals surface area contributed by atoms with Gasteiger partial charge in [-0.05, 0) is 18.3 Å². The van der Waals surface area contributed by atoms with Crippen LogP contribution in [0.2, 0.25) is 0 Å². The van der Waals surface area contributed by atoms with E-state index in [2.05, 4.69) is 45.8 Å². The highest BCUT2D eigenvalue weighted by molar-refractivity contribution is 14.0. The van der Waals surface area contributed by atoms with E-state index >= 15 is 0 Å². The van der Waals surface area contributed by atoms with Crippen LogP contribution in [0.5, 0.6) is 0 Å². The minimum Gasteiger partial charge on any atom is -0.379 e. The topological polar surface area (TPSA) is 60.4 Å². The van der Waals surface area contributed by atoms with Gasteiger partial charge < -0.3 is 19.9 Å². The van der Waals surface area contributed by atoms with Gasteiger partial charge in [0.1, 0.15) is 0 Å². The zero-order valence-electron chi connectivity index (χ0n) is 19.1. The summed E-state index contributed by atoms with van der Waals surface area (Å²) in [6, 6.07) is 0. The minimum absolute atomic E-state index is 0. The number of piperazine rings is 1. The number of rotatable bonds is 5. The van der Waals surface area contributed by atoms with Crippen LogP contribution in [0, 0.1) is 5.41 Å². The summed E-state index contributed by atoms with van der Waals surface area (Å²) in [5.41, 5.74) is 0.0764. The fraction of sp³-hybridized carbons (Fsp3) is 0.905. The number of likely N-dealkylation sites (tertiary alicyclic amines) is 1. The predicted octanol–water partition coefficient (Wildman–Crippen LogP) is 2.26. The summed E-state index contributed by atoms with van der Waals surface area (Å²) < 4.78 is 5.64. The maximum Gasteiger partial charge on any atom is 0.236 e. The van der Waals surface area contributed by atoms with Crippen molar-refractivity contribution in [3.8, 4) is 0 Å². The Morgan fingerprint density at radius 1 is 1.00 bits per heavy atom. The van der Waals surface area contributed by atoms with Crippen LogP contribution in [0.15, 0.2) is 4.99 Å². The molecule has 2 saturated heterocycles. The third-order valence-corrected chi connectivity index (χ3v) is 5.90. The van der Waals surface area contributed by atoms with Gasteiger partial charge in [-0.1, -0.05) is 33.6 Å². The first-order chi connectivity index (χ1) is 13.3. The lowest BCUT2D eigenvalue weighted by Crippen LogP contribution is -2.55. The molecule has 0 aromatic carbocycles. The van der Waals surface area contributed by atoms with E-state index in [9.17, 15) is 4.79 Å². The number of ether oxygens (including phenoxy) is 1. The normalized spacial score (nSPS) is 20.7. The highest BCUT2D eigenvalue weighted by Crippen LogP contribution is 2.21. The van der Waals surface area contributed by atoms with E-state index in [1.54, 1.807) is 7.11 Å². The molecule has 2 heterocycles. The Kier molecular flexibility index (Phi) is 11.8. The van der Waals surface area contributed by atoms with Crippen molar-refractivity contribution in [3.05, 3.63) is 0 Å². The second-order valence-electron chi connectivity index (χ2n) is 9.08. The van der Waals surface area contributed by atoms with Crippen molar-refractivity contribution in [2.24, 2.45) is 10.4 Å². The van der Waals surface area contributed by atoms with Crippen LogP contribution in [0.1, 0.15) is 46.5 Å². The summed E-state index contributed by atoms with van der Waals surface area (Å²) in [6.45, 7) is 13.3. The van der Waals surface area contributed by atoms with Crippen LogP contribution < -0.4 is 5.32 Å². The van der Waals surface area contributed by atoms with Crippen LogP contribution in [0.25, 0.3) is 0 Å². The molecule has 1 N–H and O–H groups in total. The third-order valence-electron chi connectivity index (χ3n) is 5.90. The number of hydrogen-bond acceptors (Lipinski definition) is 4. The Labute approximate surface area is 194 Å². The maximum absolute atomic E-state index is 12.6. The minimum atomic E-state index is 0. The summed E-state index contributed by atoms with van der Waals surface area (Å²) in [6.07, 6.45) is 4.94. The lowest BCUT2D eigenvalue weighted by atomic mass is 9.89. The first-order valence-electron chi connectivity index (χ1n) is 10.8. The molecular formula is C21H42IN5O2. The summed E-state index contributed by atoms with van der Waals surface area (Å²) in [7, 11) is 3.59. The lowest BCUT2D eigenvalue weighted by molar-refractivity contribution is -0.132. The van der Waals surface area contributed by atoms with E-state index in [-0.39, 0.29) is 35.5 Å². The highest BCUT2D eigenvalue weighted by Gasteiger charge is 2.27. The van der Waals surface area contributed by atoms with Crippen LogP contribution in [0.4, 0.5) is 0 Å². The van der Waals surface area contributed by atoms with Gasteiger partial charge in [-0.15, -0.1) is 24.0 Å². The van der Waals surface area contributed by atoms with Crippen LogP contribution in [-0.2, 0) is 9.53 Å². The SMILES string of the molecule is CN=C(NCC(OC)C(C)(C)C)N1CCN(CC(=O)N2CCCCCC2)CC1.I. The standard InChI is InChI=1S/C21H41N5O2.HI/c1-21(2,3)18(28-5)16-23-20(22-4)26-14-12-24(13-15-26)17-19(27)25-10-8-6-7-9-11-25;/h18H,6-17H2,1-5H3,(H,22,23);1H. The molecule has 2 aliphatic heterocycles. The average Bonchev–Trinajstić information content (AvgIpc) is 2.95. The quantitative estimate of drug-likeness (QED) is 0.341. The van der Waals surface area contributed by atoms with Crippen molar-refractivity contribution < 1.29 is 9.53 Å². The summed E-state index contributed by atoms with van der Waals surface area (Å²) in [5.74, 6) is 1.22. The van der Waals surface area contributed by atoms with Crippen molar-refractivity contribution in [2.75, 3.05) is 66.5 Å². The Morgan fingerprint density at radius 3 is 2.07 bits per heavy atom. The molecular weight excluding hydrogens is 481 g/mol. The van der Waals surface area contributed by atoms with Crippen molar-refractivity contribution in [3.63, 3.8) is 0 Å². The zero-order valence-corrected chi connectivity index (χ0v) is 21.4. The number of carbonyl (C=O) groups is 1. The molecule has 0 radical (unpaired) electrons. The fourth-order valence-corrected chi connectivity index (χ4v) is 3.99. The molecule has 0 aliphatic carbocycles. The third kappa shape index (κ3) is 8.57. The van der Waals surface area contributed by atoms with E-state index in [0.717, 1.165) is 64.6 Å². The number of methoxy groups -OCH3 is 1. The van der Waals surface area contributed by atoms with Gasteiger partial charge in [0, 0.05) is 60.0 Å². The van der Waals surface area contributed by atoms with Crippen molar-refractivity contribution >= 4 is 35.8 Å². The van der Waals surface area contributed by atoms with Gasteiger partial charge in [0.15, 0.2) is 5.96 Å². The van der Waals surface area contributed by atoms with Gasteiger partial charge >= 0.3 is 0 Å². The van der Waals surface area contributed by atoms with E-state index in [1.165, 1.54) is 12.8 Å². The Balaban J connectivity index is 0.00000420. The largest absolute Gasteiger partial charge is 0.379 e. The fourth-order valence-electron chi connectivity index (χ4n) is 3.99. The van der Waals surface area contributed by atoms with Gasteiger partial charge in [-0.25, -0.2) is 0 Å². The molecule has 170 valence electrons. The molecule has 29 heavy (non-hydrogen) atoms. The van der Waals surface area contributed by atoms with Crippen molar-refractivity contribution in [1.82, 2.24) is 20.0 Å². The van der Waals surface area contributed by atoms with Crippen molar-refractivity contribution in [1.29, 1.82) is 0 Å². The molecule has 2 fully saturated rings.